The Morgan fingerprint density at radius 1 is 1.38 bits per heavy atom. The third-order valence-electron chi connectivity index (χ3n) is 5.50. The maximum absolute atomic E-state index is 11.8. The minimum atomic E-state index is -0.733. The lowest BCUT2D eigenvalue weighted by molar-refractivity contribution is -0.130. The Bertz CT molecular complexity index is 390. The van der Waals surface area contributed by atoms with Crippen LogP contribution >= 0.6 is 0 Å². The monoisotopic (exact) mass is 297 g/mol. The van der Waals surface area contributed by atoms with Crippen molar-refractivity contribution in [2.75, 3.05) is 6.54 Å². The van der Waals surface area contributed by atoms with Gasteiger partial charge in [-0.15, -0.1) is 0 Å². The van der Waals surface area contributed by atoms with E-state index in [2.05, 4.69) is 12.2 Å². The first kappa shape index (κ1) is 16.8. The van der Waals surface area contributed by atoms with Crippen LogP contribution in [0.1, 0.15) is 59.8 Å². The van der Waals surface area contributed by atoms with Crippen molar-refractivity contribution in [2.45, 2.75) is 71.5 Å². The Morgan fingerprint density at radius 3 is 2.62 bits per heavy atom. The number of carbonyl (C=O) groups is 1. The van der Waals surface area contributed by atoms with E-state index in [1.165, 1.54) is 6.42 Å². The van der Waals surface area contributed by atoms with Crippen LogP contribution in [0.2, 0.25) is 0 Å². The highest BCUT2D eigenvalue weighted by molar-refractivity contribution is 5.81. The average Bonchev–Trinajstić information content (AvgIpc) is 2.53. The molecule has 0 heterocycles. The lowest BCUT2D eigenvalue weighted by Crippen LogP contribution is -2.48. The molecular weight excluding hydrogens is 266 g/mol. The van der Waals surface area contributed by atoms with Crippen molar-refractivity contribution in [1.82, 2.24) is 5.32 Å². The third kappa shape index (κ3) is 3.42. The molecule has 2 unspecified atom stereocenters. The van der Waals surface area contributed by atoms with E-state index in [0.29, 0.717) is 24.2 Å². The molecule has 4 heteroatoms. The van der Waals surface area contributed by atoms with Crippen molar-refractivity contribution in [1.29, 1.82) is 0 Å². The van der Waals surface area contributed by atoms with Crippen LogP contribution in [0, 0.1) is 23.2 Å². The predicted octanol–water partition coefficient (Wildman–Crippen LogP) is 2.09. The third-order valence-corrected chi connectivity index (χ3v) is 5.50. The van der Waals surface area contributed by atoms with E-state index in [1.54, 1.807) is 0 Å². The first-order valence-corrected chi connectivity index (χ1v) is 8.33. The van der Waals surface area contributed by atoms with E-state index >= 15 is 0 Å². The van der Waals surface area contributed by atoms with Crippen molar-refractivity contribution in [2.24, 2.45) is 23.2 Å². The molecule has 2 bridgehead atoms. The highest BCUT2D eigenvalue weighted by Crippen LogP contribution is 2.54. The van der Waals surface area contributed by atoms with Gasteiger partial charge in [0.1, 0.15) is 0 Å². The van der Waals surface area contributed by atoms with E-state index < -0.39 is 17.1 Å². The summed E-state index contributed by atoms with van der Waals surface area (Å²) >= 11 is 0. The number of fused-ring (bicyclic) bond motifs is 2. The molecule has 0 aliphatic heterocycles. The smallest absolute Gasteiger partial charge is 0.225 e. The van der Waals surface area contributed by atoms with Gasteiger partial charge in [0.05, 0.1) is 11.7 Å². The van der Waals surface area contributed by atoms with Gasteiger partial charge < -0.3 is 15.5 Å². The number of hydrogen-bond acceptors (Lipinski definition) is 3. The van der Waals surface area contributed by atoms with Crippen molar-refractivity contribution in [3.8, 4) is 0 Å². The summed E-state index contributed by atoms with van der Waals surface area (Å²) in [5.74, 6) is 1.11. The molecule has 0 spiro atoms. The van der Waals surface area contributed by atoms with Crippen LogP contribution in [0.15, 0.2) is 0 Å². The molecule has 0 radical (unpaired) electrons. The molecule has 2 aliphatic carbocycles. The number of aliphatic hydroxyl groups is 2. The molecule has 2 fully saturated rings. The summed E-state index contributed by atoms with van der Waals surface area (Å²) in [7, 11) is 0. The molecule has 1 amide bonds. The second-order valence-corrected chi connectivity index (χ2v) is 8.26. The maximum Gasteiger partial charge on any atom is 0.225 e. The Morgan fingerprint density at radius 2 is 2.05 bits per heavy atom. The Labute approximate surface area is 128 Å². The minimum absolute atomic E-state index is 0.0616. The van der Waals surface area contributed by atoms with Gasteiger partial charge in [0.25, 0.3) is 0 Å². The first-order valence-electron chi connectivity index (χ1n) is 8.33. The number of aliphatic hydroxyl groups excluding tert-OH is 1. The topological polar surface area (TPSA) is 69.6 Å². The molecule has 3 N–H and O–H groups in total. The van der Waals surface area contributed by atoms with Gasteiger partial charge in [-0.3, -0.25) is 4.79 Å². The zero-order valence-electron chi connectivity index (χ0n) is 13.9. The van der Waals surface area contributed by atoms with Crippen molar-refractivity contribution in [3.63, 3.8) is 0 Å². The number of nitrogens with one attached hydrogen (secondary N) is 1. The van der Waals surface area contributed by atoms with E-state index in [4.69, 9.17) is 0 Å². The lowest BCUT2D eigenvalue weighted by atomic mass is 9.70. The fourth-order valence-electron chi connectivity index (χ4n) is 4.34. The molecule has 0 aromatic heterocycles. The van der Waals surface area contributed by atoms with Gasteiger partial charge in [0, 0.05) is 18.4 Å². The van der Waals surface area contributed by atoms with Crippen LogP contribution in [0.5, 0.6) is 0 Å². The van der Waals surface area contributed by atoms with Gasteiger partial charge in [-0.1, -0.05) is 34.1 Å². The van der Waals surface area contributed by atoms with Gasteiger partial charge in [-0.25, -0.2) is 0 Å². The van der Waals surface area contributed by atoms with Crippen LogP contribution in [0.25, 0.3) is 0 Å². The largest absolute Gasteiger partial charge is 0.391 e. The van der Waals surface area contributed by atoms with E-state index in [1.807, 2.05) is 20.8 Å². The lowest BCUT2D eigenvalue weighted by Gasteiger charge is -2.41. The normalized spacial score (nSPS) is 37.3. The zero-order valence-corrected chi connectivity index (χ0v) is 13.9. The average molecular weight is 297 g/mol. The van der Waals surface area contributed by atoms with Gasteiger partial charge in [-0.2, -0.15) is 0 Å². The van der Waals surface area contributed by atoms with Crippen molar-refractivity contribution < 1.29 is 15.0 Å². The van der Waals surface area contributed by atoms with Gasteiger partial charge >= 0.3 is 0 Å². The highest BCUT2D eigenvalue weighted by atomic mass is 16.3. The molecule has 0 aromatic rings. The molecule has 4 nitrogen and oxygen atoms in total. The number of carbonyl (C=O) groups excluding carboxylic acids is 1. The van der Waals surface area contributed by atoms with E-state index in [0.717, 1.165) is 19.3 Å². The highest BCUT2D eigenvalue weighted by Gasteiger charge is 2.54. The quantitative estimate of drug-likeness (QED) is 0.744. The Hall–Kier alpha value is -0.610. The molecule has 5 atom stereocenters. The summed E-state index contributed by atoms with van der Waals surface area (Å²) in [5.41, 5.74) is -1.18. The summed E-state index contributed by atoms with van der Waals surface area (Å²) in [6.45, 7) is 8.00. The Balaban J connectivity index is 1.90. The van der Waals surface area contributed by atoms with Crippen LogP contribution in [-0.4, -0.2) is 34.4 Å². The zero-order chi connectivity index (χ0) is 15.8. The predicted molar refractivity (Wildman–Crippen MR) is 82.7 cm³/mol. The molecule has 0 saturated heterocycles. The molecule has 2 rings (SSSR count). The Kier molecular flexibility index (Phi) is 4.69. The van der Waals surface area contributed by atoms with Gasteiger partial charge in [-0.05, 0) is 37.0 Å². The molecule has 21 heavy (non-hydrogen) atoms. The maximum atomic E-state index is 11.8. The molecule has 2 saturated carbocycles. The molecule has 122 valence electrons. The van der Waals surface area contributed by atoms with E-state index in [9.17, 15) is 15.0 Å². The molecule has 2 aliphatic rings. The number of rotatable bonds is 4. The minimum Gasteiger partial charge on any atom is -0.391 e. The van der Waals surface area contributed by atoms with Crippen LogP contribution in [0.4, 0.5) is 0 Å². The van der Waals surface area contributed by atoms with Gasteiger partial charge in [0.15, 0.2) is 0 Å². The van der Waals surface area contributed by atoms with Crippen LogP contribution in [0.3, 0.4) is 0 Å². The standard InChI is InChI=1S/C17H31NO3/c1-11-8-12-6-5-7-14(11)17(12,21)9-13(19)10-18-15(20)16(2,3)4/h11-14,19,21H,5-10H2,1-4H3,(H,18,20)/t11-,12?,13?,14+,17+/m0/s1. The number of amides is 1. The summed E-state index contributed by atoms with van der Waals surface area (Å²) in [4.78, 5) is 11.8. The second-order valence-electron chi connectivity index (χ2n) is 8.26. The SMILES string of the molecule is C[C@H]1CC2CCC[C@H]1[C@@]2(O)CC(O)CNC(=O)C(C)(C)C. The summed E-state index contributed by atoms with van der Waals surface area (Å²) in [5, 5.41) is 24.1. The van der Waals surface area contributed by atoms with Crippen molar-refractivity contribution >= 4 is 5.91 Å². The molecule has 0 aromatic carbocycles. The fraction of sp³-hybridized carbons (Fsp3) is 0.941. The summed E-state index contributed by atoms with van der Waals surface area (Å²) in [6.07, 6.45) is 4.11. The van der Waals surface area contributed by atoms with Crippen molar-refractivity contribution in [3.05, 3.63) is 0 Å². The van der Waals surface area contributed by atoms with Crippen LogP contribution in [-0.2, 0) is 4.79 Å². The van der Waals surface area contributed by atoms with E-state index in [-0.39, 0.29) is 12.5 Å². The second kappa shape index (κ2) is 5.88. The first-order chi connectivity index (χ1) is 9.64. The van der Waals surface area contributed by atoms with Gasteiger partial charge in [0.2, 0.25) is 5.91 Å². The fourth-order valence-corrected chi connectivity index (χ4v) is 4.34. The molecular formula is C17H31NO3. The summed E-state index contributed by atoms with van der Waals surface area (Å²) in [6, 6.07) is 0. The number of hydrogen-bond donors (Lipinski definition) is 3. The summed E-state index contributed by atoms with van der Waals surface area (Å²) < 4.78 is 0. The van der Waals surface area contributed by atoms with Crippen LogP contribution < -0.4 is 5.32 Å².